The largest absolute Gasteiger partial charge is 0.338 e. The molecular weight excluding hydrogens is 406 g/mol. The number of carbonyl (C=O) groups is 1. The second kappa shape index (κ2) is 10.5. The number of guanidine groups is 1. The third-order valence-corrected chi connectivity index (χ3v) is 6.12. The van der Waals surface area contributed by atoms with E-state index in [0.717, 1.165) is 48.7 Å². The first kappa shape index (κ1) is 22.8. The molecule has 4 nitrogen and oxygen atoms in total. The van der Waals surface area contributed by atoms with Crippen molar-refractivity contribution in [3.63, 3.8) is 0 Å². The Bertz CT molecular complexity index is 1110. The molecule has 0 spiro atoms. The number of unbranched alkanes of at least 4 members (excludes halogenated alkanes) is 1. The first-order valence-electron chi connectivity index (χ1n) is 11.9. The van der Waals surface area contributed by atoms with Crippen molar-refractivity contribution in [1.82, 2.24) is 4.90 Å². The Balaban J connectivity index is 1.73. The maximum atomic E-state index is 13.8. The molecule has 0 bridgehead atoms. The minimum atomic E-state index is -0.414. The molecule has 0 saturated heterocycles. The Morgan fingerprint density at radius 2 is 1.58 bits per heavy atom. The highest BCUT2D eigenvalue weighted by atomic mass is 16.2. The molecule has 1 aliphatic rings. The van der Waals surface area contributed by atoms with Crippen LogP contribution in [0.1, 0.15) is 42.0 Å². The van der Waals surface area contributed by atoms with E-state index >= 15 is 0 Å². The second-order valence-corrected chi connectivity index (χ2v) is 8.86. The van der Waals surface area contributed by atoms with Gasteiger partial charge >= 0.3 is 0 Å². The van der Waals surface area contributed by atoms with Crippen LogP contribution in [0.4, 0.5) is 5.69 Å². The van der Waals surface area contributed by atoms with Crippen molar-refractivity contribution in [3.05, 3.63) is 101 Å². The number of anilines is 1. The van der Waals surface area contributed by atoms with Gasteiger partial charge < -0.3 is 4.90 Å². The summed E-state index contributed by atoms with van der Waals surface area (Å²) in [5.74, 6) is 0.820. The molecule has 0 radical (unpaired) electrons. The van der Waals surface area contributed by atoms with Gasteiger partial charge in [-0.1, -0.05) is 91.7 Å². The third-order valence-electron chi connectivity index (χ3n) is 6.12. The lowest BCUT2D eigenvalue weighted by Gasteiger charge is -2.31. The van der Waals surface area contributed by atoms with Crippen LogP contribution in [0.5, 0.6) is 0 Å². The van der Waals surface area contributed by atoms with Gasteiger partial charge in [0.05, 0.1) is 5.69 Å². The maximum Gasteiger partial charge on any atom is 0.259 e. The van der Waals surface area contributed by atoms with Crippen LogP contribution < -0.4 is 4.90 Å². The second-order valence-electron chi connectivity index (χ2n) is 8.86. The highest BCUT2D eigenvalue weighted by Crippen LogP contribution is 2.29. The lowest BCUT2D eigenvalue weighted by molar-refractivity contribution is -0.118. The molecule has 0 fully saturated rings. The fourth-order valence-electron chi connectivity index (χ4n) is 4.38. The maximum absolute atomic E-state index is 13.8. The summed E-state index contributed by atoms with van der Waals surface area (Å²) in [5.41, 5.74) is 5.55. The summed E-state index contributed by atoms with van der Waals surface area (Å²) in [6.45, 7) is 7.94. The monoisotopic (exact) mass is 439 g/mol. The Labute approximate surface area is 197 Å². The van der Waals surface area contributed by atoms with E-state index in [0.29, 0.717) is 6.42 Å². The first-order valence-corrected chi connectivity index (χ1v) is 11.9. The van der Waals surface area contributed by atoms with E-state index in [2.05, 4.69) is 80.3 Å². The molecule has 3 aromatic rings. The van der Waals surface area contributed by atoms with E-state index < -0.39 is 6.04 Å². The molecule has 3 aromatic carbocycles. The van der Waals surface area contributed by atoms with Crippen molar-refractivity contribution in [2.45, 2.75) is 52.6 Å². The highest BCUT2D eigenvalue weighted by molar-refractivity contribution is 6.22. The summed E-state index contributed by atoms with van der Waals surface area (Å²) in [5, 5.41) is 0. The smallest absolute Gasteiger partial charge is 0.259 e. The van der Waals surface area contributed by atoms with Crippen LogP contribution in [0.2, 0.25) is 0 Å². The average molecular weight is 440 g/mol. The summed E-state index contributed by atoms with van der Waals surface area (Å²) < 4.78 is 0. The number of carbonyl (C=O) groups excluding carboxylic acids is 1. The van der Waals surface area contributed by atoms with Crippen LogP contribution >= 0.6 is 0 Å². The molecule has 0 N–H and O–H groups in total. The number of aryl methyl sites for hydroxylation is 2. The number of benzene rings is 3. The predicted octanol–water partition coefficient (Wildman–Crippen LogP) is 5.92. The molecule has 0 aromatic heterocycles. The third kappa shape index (κ3) is 5.33. The summed E-state index contributed by atoms with van der Waals surface area (Å²) in [7, 11) is 0. The quantitative estimate of drug-likeness (QED) is 0.437. The molecule has 0 aliphatic carbocycles. The molecule has 1 atom stereocenters. The Morgan fingerprint density at radius 3 is 2.21 bits per heavy atom. The van der Waals surface area contributed by atoms with Crippen molar-refractivity contribution in [3.8, 4) is 0 Å². The van der Waals surface area contributed by atoms with Gasteiger partial charge in [0, 0.05) is 19.5 Å². The molecular formula is C29H33N3O. The van der Waals surface area contributed by atoms with E-state index in [4.69, 9.17) is 4.99 Å². The lowest BCUT2D eigenvalue weighted by Crippen LogP contribution is -2.45. The van der Waals surface area contributed by atoms with Gasteiger partial charge in [0.1, 0.15) is 6.04 Å². The SMILES string of the molecule is CCCCN(Cc1ccccc1)C1=NC(Cc2ccccc2)C(=O)N1c1ccc(C)cc1C. The zero-order chi connectivity index (χ0) is 23.2. The van der Waals surface area contributed by atoms with E-state index in [-0.39, 0.29) is 5.91 Å². The van der Waals surface area contributed by atoms with E-state index in [1.165, 1.54) is 11.1 Å². The van der Waals surface area contributed by atoms with Crippen molar-refractivity contribution in [2.75, 3.05) is 11.4 Å². The number of rotatable bonds is 8. The number of amides is 1. The van der Waals surface area contributed by atoms with Gasteiger partial charge in [0.25, 0.3) is 5.91 Å². The Hall–Kier alpha value is -3.40. The van der Waals surface area contributed by atoms with Crippen LogP contribution in [-0.2, 0) is 17.8 Å². The molecule has 4 heteroatoms. The average Bonchev–Trinajstić information content (AvgIpc) is 3.13. The summed E-state index contributed by atoms with van der Waals surface area (Å²) in [6, 6.07) is 26.5. The summed E-state index contributed by atoms with van der Waals surface area (Å²) in [6.07, 6.45) is 2.74. The molecule has 1 amide bonds. The molecule has 1 aliphatic heterocycles. The standard InChI is InChI=1S/C29H33N3O/c1-4-5-18-31(21-25-14-10-7-11-15-25)29-30-26(20-24-12-8-6-9-13-24)28(33)32(29)27-17-16-22(2)19-23(27)3/h6-17,19,26H,4-5,18,20-21H2,1-3H3. The number of nitrogens with zero attached hydrogens (tertiary/aromatic N) is 3. The Kier molecular flexibility index (Phi) is 7.23. The first-order chi connectivity index (χ1) is 16.1. The summed E-state index contributed by atoms with van der Waals surface area (Å²) >= 11 is 0. The summed E-state index contributed by atoms with van der Waals surface area (Å²) in [4.78, 5) is 23.0. The van der Waals surface area contributed by atoms with E-state index in [1.54, 1.807) is 0 Å². The molecule has 4 rings (SSSR count). The van der Waals surface area contributed by atoms with Crippen molar-refractivity contribution in [2.24, 2.45) is 4.99 Å². The molecule has 33 heavy (non-hydrogen) atoms. The number of hydrogen-bond donors (Lipinski definition) is 0. The van der Waals surface area contributed by atoms with Gasteiger partial charge in [-0.15, -0.1) is 0 Å². The molecule has 1 unspecified atom stereocenters. The van der Waals surface area contributed by atoms with Crippen LogP contribution in [-0.4, -0.2) is 29.4 Å². The number of aliphatic imine (C=N–C) groups is 1. The predicted molar refractivity (Wildman–Crippen MR) is 137 cm³/mol. The molecule has 170 valence electrons. The topological polar surface area (TPSA) is 35.9 Å². The van der Waals surface area contributed by atoms with Crippen molar-refractivity contribution >= 4 is 17.6 Å². The number of hydrogen-bond acceptors (Lipinski definition) is 3. The zero-order valence-electron chi connectivity index (χ0n) is 19.9. The van der Waals surface area contributed by atoms with Crippen LogP contribution in [0.3, 0.4) is 0 Å². The van der Waals surface area contributed by atoms with Gasteiger partial charge in [-0.3, -0.25) is 4.79 Å². The fourth-order valence-corrected chi connectivity index (χ4v) is 4.38. The van der Waals surface area contributed by atoms with Gasteiger partial charge in [-0.25, -0.2) is 9.89 Å². The van der Waals surface area contributed by atoms with Crippen molar-refractivity contribution in [1.29, 1.82) is 0 Å². The van der Waals surface area contributed by atoms with E-state index in [1.807, 2.05) is 29.2 Å². The van der Waals surface area contributed by atoms with E-state index in [9.17, 15) is 4.79 Å². The van der Waals surface area contributed by atoms with Crippen LogP contribution in [0.15, 0.2) is 83.9 Å². The molecule has 1 heterocycles. The van der Waals surface area contributed by atoms with Gasteiger partial charge in [-0.2, -0.15) is 0 Å². The zero-order valence-corrected chi connectivity index (χ0v) is 19.9. The van der Waals surface area contributed by atoms with Gasteiger partial charge in [0.15, 0.2) is 0 Å². The van der Waals surface area contributed by atoms with Crippen molar-refractivity contribution < 1.29 is 4.79 Å². The minimum absolute atomic E-state index is 0.0513. The lowest BCUT2D eigenvalue weighted by atomic mass is 10.1. The fraction of sp³-hybridized carbons (Fsp3) is 0.310. The van der Waals surface area contributed by atoms with Crippen LogP contribution in [0.25, 0.3) is 0 Å². The molecule has 0 saturated carbocycles. The highest BCUT2D eigenvalue weighted by Gasteiger charge is 2.38. The normalized spacial score (nSPS) is 15.6. The van der Waals surface area contributed by atoms with Gasteiger partial charge in [-0.05, 0) is 43.0 Å². The Morgan fingerprint density at radius 1 is 0.909 bits per heavy atom. The minimum Gasteiger partial charge on any atom is -0.338 e. The van der Waals surface area contributed by atoms with Crippen LogP contribution in [0, 0.1) is 13.8 Å². The van der Waals surface area contributed by atoms with Gasteiger partial charge in [0.2, 0.25) is 5.96 Å².